The van der Waals surface area contributed by atoms with Crippen LogP contribution in [0.25, 0.3) is 0 Å². The molecule has 7 heteroatoms. The number of ether oxygens (including phenoxy) is 1. The standard InChI is InChI=1S/C32H38N4O3/c37-31(33-18-21-36-19-6-7-20-36)30(22-24-8-2-1-3-9-24)35-32(38)34-27-13-16-28(17-14-27)39-29-15-12-25-10-4-5-11-26(25)23-29/h1-3,8-9,12-17,23,30H,4-7,10-11,18-22H2,(H,33,37)(H2,34,35,38)/t30-/m0/s1. The fourth-order valence-electron chi connectivity index (χ4n) is 5.37. The van der Waals surface area contributed by atoms with E-state index in [9.17, 15) is 9.59 Å². The first-order valence-corrected chi connectivity index (χ1v) is 14.1. The number of urea groups is 1. The number of hydrogen-bond acceptors (Lipinski definition) is 4. The van der Waals surface area contributed by atoms with Crippen molar-refractivity contribution in [1.82, 2.24) is 15.5 Å². The molecule has 3 amide bonds. The summed E-state index contributed by atoms with van der Waals surface area (Å²) in [6, 6.07) is 22.2. The molecule has 3 aromatic carbocycles. The Kier molecular flexibility index (Phi) is 9.12. The van der Waals surface area contributed by atoms with Crippen molar-refractivity contribution in [3.8, 4) is 11.5 Å². The number of hydrogen-bond donors (Lipinski definition) is 3. The molecule has 7 nitrogen and oxygen atoms in total. The van der Waals surface area contributed by atoms with E-state index in [1.807, 2.05) is 48.5 Å². The van der Waals surface area contributed by atoms with Crippen LogP contribution >= 0.6 is 0 Å². The molecule has 0 unspecified atom stereocenters. The lowest BCUT2D eigenvalue weighted by Crippen LogP contribution is -2.50. The van der Waals surface area contributed by atoms with E-state index >= 15 is 0 Å². The van der Waals surface area contributed by atoms with E-state index in [1.54, 1.807) is 12.1 Å². The van der Waals surface area contributed by atoms with Gasteiger partial charge in [0.25, 0.3) is 0 Å². The second-order valence-electron chi connectivity index (χ2n) is 10.4. The third kappa shape index (κ3) is 7.83. The van der Waals surface area contributed by atoms with E-state index in [-0.39, 0.29) is 5.91 Å². The van der Waals surface area contributed by atoms with Gasteiger partial charge in [-0.3, -0.25) is 4.79 Å². The molecule has 1 atom stereocenters. The summed E-state index contributed by atoms with van der Waals surface area (Å²) < 4.78 is 6.06. The third-order valence-electron chi connectivity index (χ3n) is 7.50. The Labute approximate surface area is 230 Å². The van der Waals surface area contributed by atoms with Crippen molar-refractivity contribution in [2.75, 3.05) is 31.5 Å². The molecule has 3 N–H and O–H groups in total. The predicted molar refractivity (Wildman–Crippen MR) is 154 cm³/mol. The molecule has 0 saturated carbocycles. The normalized spacial score (nSPS) is 15.7. The summed E-state index contributed by atoms with van der Waals surface area (Å²) in [4.78, 5) is 28.3. The summed E-state index contributed by atoms with van der Waals surface area (Å²) >= 11 is 0. The zero-order chi connectivity index (χ0) is 26.9. The maximum atomic E-state index is 13.0. The van der Waals surface area contributed by atoms with E-state index in [1.165, 1.54) is 36.8 Å². The van der Waals surface area contributed by atoms with Gasteiger partial charge in [-0.05, 0) is 105 Å². The molecular weight excluding hydrogens is 488 g/mol. The lowest BCUT2D eigenvalue weighted by molar-refractivity contribution is -0.122. The highest BCUT2D eigenvalue weighted by atomic mass is 16.5. The topological polar surface area (TPSA) is 82.7 Å². The van der Waals surface area contributed by atoms with Gasteiger partial charge in [-0.15, -0.1) is 0 Å². The van der Waals surface area contributed by atoms with Gasteiger partial charge in [-0.1, -0.05) is 36.4 Å². The zero-order valence-corrected chi connectivity index (χ0v) is 22.5. The van der Waals surface area contributed by atoms with Gasteiger partial charge in [-0.25, -0.2) is 4.79 Å². The van der Waals surface area contributed by atoms with Crippen molar-refractivity contribution < 1.29 is 14.3 Å². The predicted octanol–water partition coefficient (Wildman–Crippen LogP) is 5.30. The van der Waals surface area contributed by atoms with Gasteiger partial charge in [0.2, 0.25) is 5.91 Å². The molecule has 0 aromatic heterocycles. The van der Waals surface area contributed by atoms with Crippen molar-refractivity contribution in [2.24, 2.45) is 0 Å². The highest BCUT2D eigenvalue weighted by Crippen LogP contribution is 2.29. The number of rotatable bonds is 10. The Morgan fingerprint density at radius 3 is 2.31 bits per heavy atom. The zero-order valence-electron chi connectivity index (χ0n) is 22.5. The Hall–Kier alpha value is -3.84. The van der Waals surface area contributed by atoms with E-state index in [0.29, 0.717) is 24.4 Å². The monoisotopic (exact) mass is 526 g/mol. The highest BCUT2D eigenvalue weighted by molar-refractivity contribution is 5.93. The summed E-state index contributed by atoms with van der Waals surface area (Å²) in [6.45, 7) is 3.57. The number of carbonyl (C=O) groups excluding carboxylic acids is 2. The van der Waals surface area contributed by atoms with Crippen molar-refractivity contribution in [3.05, 3.63) is 89.5 Å². The van der Waals surface area contributed by atoms with Crippen LogP contribution in [0, 0.1) is 0 Å². The minimum atomic E-state index is -0.683. The van der Waals surface area contributed by atoms with Crippen LogP contribution in [0.2, 0.25) is 0 Å². The van der Waals surface area contributed by atoms with E-state index < -0.39 is 12.1 Å². The summed E-state index contributed by atoms with van der Waals surface area (Å²) in [5.74, 6) is 1.35. The number of aryl methyl sites for hydroxylation is 2. The molecule has 5 rings (SSSR count). The average Bonchev–Trinajstić information content (AvgIpc) is 3.48. The summed E-state index contributed by atoms with van der Waals surface area (Å²) in [7, 11) is 0. The lowest BCUT2D eigenvalue weighted by Gasteiger charge is -2.20. The maximum absolute atomic E-state index is 13.0. The second-order valence-corrected chi connectivity index (χ2v) is 10.4. The number of nitrogens with one attached hydrogen (secondary N) is 3. The molecule has 0 radical (unpaired) electrons. The Morgan fingerprint density at radius 1 is 0.821 bits per heavy atom. The minimum absolute atomic E-state index is 0.179. The molecule has 1 fully saturated rings. The van der Waals surface area contributed by atoms with E-state index in [4.69, 9.17) is 4.74 Å². The number of carbonyl (C=O) groups is 2. The van der Waals surface area contributed by atoms with Crippen LogP contribution in [-0.2, 0) is 24.1 Å². The summed E-state index contributed by atoms with van der Waals surface area (Å²) in [5, 5.41) is 8.73. The van der Waals surface area contributed by atoms with Crippen molar-refractivity contribution in [1.29, 1.82) is 0 Å². The molecule has 1 aliphatic heterocycles. The number of nitrogens with zero attached hydrogens (tertiary/aromatic N) is 1. The van der Waals surface area contributed by atoms with Gasteiger partial charge in [-0.2, -0.15) is 0 Å². The molecule has 3 aromatic rings. The summed E-state index contributed by atoms with van der Waals surface area (Å²) in [6.07, 6.45) is 7.58. The number of likely N-dealkylation sites (tertiary alicyclic amines) is 1. The fourth-order valence-corrected chi connectivity index (χ4v) is 5.37. The molecule has 39 heavy (non-hydrogen) atoms. The van der Waals surface area contributed by atoms with Gasteiger partial charge in [0.1, 0.15) is 17.5 Å². The van der Waals surface area contributed by atoms with Crippen LogP contribution < -0.4 is 20.7 Å². The lowest BCUT2D eigenvalue weighted by atomic mass is 9.92. The third-order valence-corrected chi connectivity index (χ3v) is 7.50. The number of fused-ring (bicyclic) bond motifs is 1. The minimum Gasteiger partial charge on any atom is -0.457 e. The molecule has 1 heterocycles. The van der Waals surface area contributed by atoms with Crippen molar-refractivity contribution in [3.63, 3.8) is 0 Å². The first-order chi connectivity index (χ1) is 19.1. The first-order valence-electron chi connectivity index (χ1n) is 14.1. The molecule has 0 bridgehead atoms. The van der Waals surface area contributed by atoms with Gasteiger partial charge in [0.15, 0.2) is 0 Å². The summed E-state index contributed by atoms with van der Waals surface area (Å²) in [5.41, 5.74) is 4.41. The molecular formula is C32H38N4O3. The van der Waals surface area contributed by atoms with Gasteiger partial charge >= 0.3 is 6.03 Å². The fraction of sp³-hybridized carbons (Fsp3) is 0.375. The number of benzene rings is 3. The molecule has 2 aliphatic rings. The van der Waals surface area contributed by atoms with Crippen LogP contribution in [0.5, 0.6) is 11.5 Å². The molecule has 0 spiro atoms. The van der Waals surface area contributed by atoms with E-state index in [2.05, 4.69) is 33.0 Å². The number of amides is 3. The highest BCUT2D eigenvalue weighted by Gasteiger charge is 2.22. The van der Waals surface area contributed by atoms with Gasteiger partial charge < -0.3 is 25.6 Å². The first kappa shape index (κ1) is 26.8. The van der Waals surface area contributed by atoms with Crippen LogP contribution in [0.3, 0.4) is 0 Å². The smallest absolute Gasteiger partial charge is 0.319 e. The number of anilines is 1. The van der Waals surface area contributed by atoms with Gasteiger partial charge in [0, 0.05) is 25.2 Å². The van der Waals surface area contributed by atoms with Crippen LogP contribution in [0.15, 0.2) is 72.8 Å². The molecule has 1 saturated heterocycles. The van der Waals surface area contributed by atoms with Crippen molar-refractivity contribution >= 4 is 17.6 Å². The Bertz CT molecular complexity index is 1240. The molecule has 1 aliphatic carbocycles. The quantitative estimate of drug-likeness (QED) is 0.335. The van der Waals surface area contributed by atoms with E-state index in [0.717, 1.165) is 43.8 Å². The molecule has 204 valence electrons. The Morgan fingerprint density at radius 2 is 1.54 bits per heavy atom. The Balaban J connectivity index is 1.15. The maximum Gasteiger partial charge on any atom is 0.319 e. The largest absolute Gasteiger partial charge is 0.457 e. The SMILES string of the molecule is O=C(Nc1ccc(Oc2ccc3c(c2)CCCC3)cc1)N[C@@H](Cc1ccccc1)C(=O)NCCN1CCCC1. The average molecular weight is 527 g/mol. The van der Waals surface area contributed by atoms with Crippen LogP contribution in [0.4, 0.5) is 10.5 Å². The second kappa shape index (κ2) is 13.3. The van der Waals surface area contributed by atoms with Crippen LogP contribution in [0.1, 0.15) is 42.4 Å². The van der Waals surface area contributed by atoms with Crippen LogP contribution in [-0.4, -0.2) is 49.1 Å². The van der Waals surface area contributed by atoms with Gasteiger partial charge in [0.05, 0.1) is 0 Å². The van der Waals surface area contributed by atoms with Crippen molar-refractivity contribution in [2.45, 2.75) is 51.0 Å².